The lowest BCUT2D eigenvalue weighted by Gasteiger charge is -2.10. The fraction of sp³-hybridized carbons (Fsp3) is 0.300. The molecule has 1 amide bonds. The molecule has 1 unspecified atom stereocenters. The van der Waals surface area contributed by atoms with Crippen molar-refractivity contribution in [3.63, 3.8) is 0 Å². The molecule has 0 fully saturated rings. The number of amides is 1. The van der Waals surface area contributed by atoms with E-state index in [-0.39, 0.29) is 19.0 Å². The van der Waals surface area contributed by atoms with E-state index < -0.39 is 35.0 Å². The highest BCUT2D eigenvalue weighted by Gasteiger charge is 2.15. The molecule has 0 aliphatic carbocycles. The Bertz CT molecular complexity index is 415. The monoisotopic (exact) mass is 268 g/mol. The minimum atomic E-state index is -1.30. The van der Waals surface area contributed by atoms with E-state index in [0.717, 1.165) is 0 Å². The van der Waals surface area contributed by atoms with Crippen LogP contribution in [-0.2, 0) is 4.79 Å². The fourth-order valence-electron chi connectivity index (χ4n) is 0.981. The van der Waals surface area contributed by atoms with E-state index in [9.17, 15) is 18.0 Å². The zero-order chi connectivity index (χ0) is 12.3. The number of carbonyl (C=O) groups is 1. The van der Waals surface area contributed by atoms with Crippen molar-refractivity contribution in [3.05, 3.63) is 29.6 Å². The Morgan fingerprint density at radius 2 is 1.82 bits per heavy atom. The molecule has 1 rings (SSSR count). The normalized spacial score (nSPS) is 11.6. The first kappa shape index (κ1) is 15.7. The number of benzene rings is 1. The SMILES string of the molecule is CC(CN)C(=O)Nc1cc(F)c(F)cc1F.Cl. The van der Waals surface area contributed by atoms with Gasteiger partial charge in [-0.25, -0.2) is 13.2 Å². The van der Waals surface area contributed by atoms with Gasteiger partial charge in [0.25, 0.3) is 0 Å². The van der Waals surface area contributed by atoms with Crippen LogP contribution in [0.15, 0.2) is 12.1 Å². The number of halogens is 4. The topological polar surface area (TPSA) is 55.1 Å². The maximum atomic E-state index is 13.1. The van der Waals surface area contributed by atoms with Gasteiger partial charge in [-0.2, -0.15) is 0 Å². The van der Waals surface area contributed by atoms with E-state index in [1.54, 1.807) is 0 Å². The minimum Gasteiger partial charge on any atom is -0.330 e. The van der Waals surface area contributed by atoms with Gasteiger partial charge in [0.15, 0.2) is 11.6 Å². The molecule has 0 aromatic heterocycles. The first-order valence-corrected chi connectivity index (χ1v) is 4.61. The number of hydrogen-bond acceptors (Lipinski definition) is 2. The van der Waals surface area contributed by atoms with Gasteiger partial charge in [0.1, 0.15) is 5.82 Å². The molecule has 0 bridgehead atoms. The minimum absolute atomic E-state index is 0. The van der Waals surface area contributed by atoms with Crippen molar-refractivity contribution in [1.29, 1.82) is 0 Å². The highest BCUT2D eigenvalue weighted by atomic mass is 35.5. The molecule has 1 atom stereocenters. The van der Waals surface area contributed by atoms with E-state index in [0.29, 0.717) is 12.1 Å². The Morgan fingerprint density at radius 3 is 2.35 bits per heavy atom. The van der Waals surface area contributed by atoms with Crippen LogP contribution in [0, 0.1) is 23.4 Å². The van der Waals surface area contributed by atoms with Crippen molar-refractivity contribution in [1.82, 2.24) is 0 Å². The highest BCUT2D eigenvalue weighted by Crippen LogP contribution is 2.18. The molecule has 0 radical (unpaired) electrons. The molecular formula is C10H12ClF3N2O. The van der Waals surface area contributed by atoms with Gasteiger partial charge in [-0.3, -0.25) is 4.79 Å². The standard InChI is InChI=1S/C10H11F3N2O.ClH/c1-5(4-14)10(16)15-9-3-7(12)6(11)2-8(9)13;/h2-3,5H,4,14H2,1H3,(H,15,16);1H. The van der Waals surface area contributed by atoms with Crippen molar-refractivity contribution in [2.75, 3.05) is 11.9 Å². The summed E-state index contributed by atoms with van der Waals surface area (Å²) in [7, 11) is 0. The van der Waals surface area contributed by atoms with Crippen molar-refractivity contribution in [2.45, 2.75) is 6.92 Å². The Labute approximate surface area is 103 Å². The predicted molar refractivity (Wildman–Crippen MR) is 60.4 cm³/mol. The summed E-state index contributed by atoms with van der Waals surface area (Å²) in [6.07, 6.45) is 0. The van der Waals surface area contributed by atoms with E-state index >= 15 is 0 Å². The van der Waals surface area contributed by atoms with Crippen LogP contribution in [0.4, 0.5) is 18.9 Å². The Kier molecular flexibility index (Phi) is 5.98. The summed E-state index contributed by atoms with van der Waals surface area (Å²) in [5.41, 5.74) is 4.83. The van der Waals surface area contributed by atoms with Crippen molar-refractivity contribution in [3.8, 4) is 0 Å². The van der Waals surface area contributed by atoms with E-state index in [1.807, 2.05) is 0 Å². The molecule has 1 aromatic carbocycles. The number of hydrogen-bond donors (Lipinski definition) is 2. The average Bonchev–Trinajstić information content (AvgIpc) is 2.24. The second-order valence-electron chi connectivity index (χ2n) is 3.37. The second kappa shape index (κ2) is 6.46. The molecule has 7 heteroatoms. The number of carbonyl (C=O) groups excluding carboxylic acids is 1. The third kappa shape index (κ3) is 3.90. The van der Waals surface area contributed by atoms with Gasteiger partial charge in [0.2, 0.25) is 5.91 Å². The molecule has 96 valence electrons. The van der Waals surface area contributed by atoms with Gasteiger partial charge in [0.05, 0.1) is 5.69 Å². The Morgan fingerprint density at radius 1 is 1.29 bits per heavy atom. The van der Waals surface area contributed by atoms with Crippen LogP contribution in [-0.4, -0.2) is 12.5 Å². The van der Waals surface area contributed by atoms with Crippen LogP contribution in [0.5, 0.6) is 0 Å². The molecule has 0 aliphatic heterocycles. The van der Waals surface area contributed by atoms with Gasteiger partial charge in [0, 0.05) is 24.6 Å². The van der Waals surface area contributed by atoms with E-state index in [1.165, 1.54) is 6.92 Å². The molecule has 0 aliphatic rings. The quantitative estimate of drug-likeness (QED) is 0.825. The molecule has 0 saturated heterocycles. The van der Waals surface area contributed by atoms with Crippen molar-refractivity contribution in [2.24, 2.45) is 11.7 Å². The second-order valence-corrected chi connectivity index (χ2v) is 3.37. The maximum absolute atomic E-state index is 13.1. The molecule has 3 N–H and O–H groups in total. The molecule has 0 heterocycles. The van der Waals surface area contributed by atoms with Crippen LogP contribution in [0.3, 0.4) is 0 Å². The van der Waals surface area contributed by atoms with Gasteiger partial charge >= 0.3 is 0 Å². The van der Waals surface area contributed by atoms with Gasteiger partial charge < -0.3 is 11.1 Å². The summed E-state index contributed by atoms with van der Waals surface area (Å²) in [6.45, 7) is 1.62. The summed E-state index contributed by atoms with van der Waals surface area (Å²) in [6, 6.07) is 0.962. The molecule has 1 aromatic rings. The van der Waals surface area contributed by atoms with Crippen LogP contribution in [0.2, 0.25) is 0 Å². The van der Waals surface area contributed by atoms with Gasteiger partial charge in [-0.15, -0.1) is 12.4 Å². The summed E-state index contributed by atoms with van der Waals surface area (Å²) >= 11 is 0. The predicted octanol–water partition coefficient (Wildman–Crippen LogP) is 2.06. The number of rotatable bonds is 3. The first-order valence-electron chi connectivity index (χ1n) is 4.61. The lowest BCUT2D eigenvalue weighted by Crippen LogP contribution is -2.27. The third-order valence-electron chi connectivity index (χ3n) is 2.07. The molecule has 0 spiro atoms. The van der Waals surface area contributed by atoms with E-state index in [4.69, 9.17) is 5.73 Å². The van der Waals surface area contributed by atoms with Crippen LogP contribution in [0.25, 0.3) is 0 Å². The third-order valence-corrected chi connectivity index (χ3v) is 2.07. The number of anilines is 1. The van der Waals surface area contributed by atoms with Crippen LogP contribution < -0.4 is 11.1 Å². The molecule has 0 saturated carbocycles. The lowest BCUT2D eigenvalue weighted by atomic mass is 10.1. The highest BCUT2D eigenvalue weighted by molar-refractivity contribution is 5.92. The fourth-order valence-corrected chi connectivity index (χ4v) is 0.981. The lowest BCUT2D eigenvalue weighted by molar-refractivity contribution is -0.119. The largest absolute Gasteiger partial charge is 0.330 e. The number of nitrogens with two attached hydrogens (primary N) is 1. The summed E-state index contributed by atoms with van der Waals surface area (Å²) in [5, 5.41) is 2.13. The van der Waals surface area contributed by atoms with Crippen molar-refractivity contribution < 1.29 is 18.0 Å². The summed E-state index contributed by atoms with van der Waals surface area (Å²) < 4.78 is 38.5. The molecule has 17 heavy (non-hydrogen) atoms. The van der Waals surface area contributed by atoms with Gasteiger partial charge in [-0.1, -0.05) is 6.92 Å². The first-order chi connectivity index (χ1) is 7.45. The molecule has 3 nitrogen and oxygen atoms in total. The Balaban J connectivity index is 0.00000256. The van der Waals surface area contributed by atoms with Crippen molar-refractivity contribution >= 4 is 24.0 Å². The number of nitrogens with one attached hydrogen (secondary N) is 1. The average molecular weight is 269 g/mol. The van der Waals surface area contributed by atoms with Crippen LogP contribution in [0.1, 0.15) is 6.92 Å². The zero-order valence-corrected chi connectivity index (χ0v) is 9.78. The maximum Gasteiger partial charge on any atom is 0.228 e. The van der Waals surface area contributed by atoms with Gasteiger partial charge in [-0.05, 0) is 0 Å². The van der Waals surface area contributed by atoms with Crippen LogP contribution >= 0.6 is 12.4 Å². The smallest absolute Gasteiger partial charge is 0.228 e. The zero-order valence-electron chi connectivity index (χ0n) is 8.97. The summed E-state index contributed by atoms with van der Waals surface area (Å²) in [5.74, 6) is -4.64. The Hall–Kier alpha value is -1.27. The molecular weight excluding hydrogens is 257 g/mol. The summed E-state index contributed by atoms with van der Waals surface area (Å²) in [4.78, 5) is 11.3. The van der Waals surface area contributed by atoms with E-state index in [2.05, 4.69) is 5.32 Å².